The number of fused-ring (bicyclic) bond motifs is 1. The molecule has 96 valence electrons. The Hall–Kier alpha value is -1.89. The summed E-state index contributed by atoms with van der Waals surface area (Å²) in [6, 6.07) is 6.03. The molecule has 7 heteroatoms. The molecule has 6 nitrogen and oxygen atoms in total. The minimum absolute atomic E-state index is 0.00640. The van der Waals surface area contributed by atoms with Gasteiger partial charge in [0.2, 0.25) is 5.91 Å². The van der Waals surface area contributed by atoms with Gasteiger partial charge in [0.15, 0.2) is 0 Å². The van der Waals surface area contributed by atoms with E-state index in [-0.39, 0.29) is 29.3 Å². The second-order valence-corrected chi connectivity index (χ2v) is 5.63. The van der Waals surface area contributed by atoms with Crippen molar-refractivity contribution in [2.75, 3.05) is 13.6 Å². The zero-order valence-electron chi connectivity index (χ0n) is 9.71. The van der Waals surface area contributed by atoms with Gasteiger partial charge >= 0.3 is 0 Å². The number of carbonyl (C=O) groups is 2. The number of nitrogens with one attached hydrogen (secondary N) is 1. The average Bonchev–Trinajstić information content (AvgIpc) is 2.56. The fourth-order valence-corrected chi connectivity index (χ4v) is 3.35. The summed E-state index contributed by atoms with van der Waals surface area (Å²) in [4.78, 5) is 23.0. The van der Waals surface area contributed by atoms with Gasteiger partial charge < -0.3 is 5.32 Å². The van der Waals surface area contributed by atoms with Crippen LogP contribution >= 0.6 is 0 Å². The number of rotatable bonds is 3. The highest BCUT2D eigenvalue weighted by Gasteiger charge is 2.40. The third kappa shape index (κ3) is 1.86. The van der Waals surface area contributed by atoms with Crippen LogP contribution in [0.2, 0.25) is 0 Å². The second kappa shape index (κ2) is 4.41. The van der Waals surface area contributed by atoms with Gasteiger partial charge in [-0.2, -0.15) is 0 Å². The Kier molecular flexibility index (Phi) is 3.08. The van der Waals surface area contributed by atoms with Gasteiger partial charge in [-0.15, -0.1) is 0 Å². The first-order chi connectivity index (χ1) is 8.48. The highest BCUT2D eigenvalue weighted by Crippen LogP contribution is 2.29. The molecule has 0 radical (unpaired) electrons. The van der Waals surface area contributed by atoms with Crippen LogP contribution in [-0.2, 0) is 14.8 Å². The molecule has 2 amide bonds. The van der Waals surface area contributed by atoms with E-state index in [1.165, 1.54) is 19.2 Å². The summed E-state index contributed by atoms with van der Waals surface area (Å²) in [5.74, 6) is -0.886. The SMILES string of the molecule is CNC(=O)CCN1C(=O)c2ccccc2S1(=O)=O. The number of nitrogens with zero attached hydrogens (tertiary/aromatic N) is 1. The van der Waals surface area contributed by atoms with Crippen LogP contribution in [0.4, 0.5) is 0 Å². The van der Waals surface area contributed by atoms with Crippen LogP contribution in [0.25, 0.3) is 0 Å². The number of hydrogen-bond acceptors (Lipinski definition) is 4. The van der Waals surface area contributed by atoms with E-state index in [4.69, 9.17) is 0 Å². The first-order valence-electron chi connectivity index (χ1n) is 5.35. The van der Waals surface area contributed by atoms with Crippen molar-refractivity contribution in [3.63, 3.8) is 0 Å². The van der Waals surface area contributed by atoms with Crippen molar-refractivity contribution in [3.05, 3.63) is 29.8 Å². The van der Waals surface area contributed by atoms with Crippen molar-refractivity contribution >= 4 is 21.8 Å². The van der Waals surface area contributed by atoms with E-state index in [0.29, 0.717) is 0 Å². The molecule has 18 heavy (non-hydrogen) atoms. The van der Waals surface area contributed by atoms with Crippen molar-refractivity contribution < 1.29 is 18.0 Å². The molecular weight excluding hydrogens is 256 g/mol. The predicted molar refractivity (Wildman–Crippen MR) is 63.3 cm³/mol. The summed E-state index contributed by atoms with van der Waals surface area (Å²) < 4.78 is 24.9. The number of hydrogen-bond donors (Lipinski definition) is 1. The molecule has 1 aromatic carbocycles. The molecule has 0 atom stereocenters. The van der Waals surface area contributed by atoms with Crippen LogP contribution < -0.4 is 5.32 Å². The van der Waals surface area contributed by atoms with Gasteiger partial charge in [0.25, 0.3) is 15.9 Å². The lowest BCUT2D eigenvalue weighted by molar-refractivity contribution is -0.120. The minimum Gasteiger partial charge on any atom is -0.359 e. The molecule has 0 fully saturated rings. The van der Waals surface area contributed by atoms with E-state index in [1.54, 1.807) is 12.1 Å². The maximum Gasteiger partial charge on any atom is 0.269 e. The van der Waals surface area contributed by atoms with E-state index in [0.717, 1.165) is 4.31 Å². The standard InChI is InChI=1S/C11H12N2O4S/c1-12-10(14)6-7-13-11(15)8-4-2-3-5-9(8)18(13,16)17/h2-5H,6-7H2,1H3,(H,12,14). The van der Waals surface area contributed by atoms with Gasteiger partial charge in [0, 0.05) is 20.0 Å². The largest absolute Gasteiger partial charge is 0.359 e. The molecule has 0 saturated carbocycles. The van der Waals surface area contributed by atoms with Crippen LogP contribution in [0.15, 0.2) is 29.2 Å². The fourth-order valence-electron chi connectivity index (χ4n) is 1.78. The van der Waals surface area contributed by atoms with Crippen molar-refractivity contribution in [2.24, 2.45) is 0 Å². The minimum atomic E-state index is -3.80. The maximum absolute atomic E-state index is 12.1. The number of benzene rings is 1. The van der Waals surface area contributed by atoms with E-state index in [9.17, 15) is 18.0 Å². The third-order valence-corrected chi connectivity index (χ3v) is 4.57. The van der Waals surface area contributed by atoms with Crippen LogP contribution in [0, 0.1) is 0 Å². The highest BCUT2D eigenvalue weighted by molar-refractivity contribution is 7.90. The Bertz CT molecular complexity index is 609. The zero-order chi connectivity index (χ0) is 13.3. The smallest absolute Gasteiger partial charge is 0.269 e. The molecule has 1 aliphatic heterocycles. The lowest BCUT2D eigenvalue weighted by atomic mass is 10.2. The van der Waals surface area contributed by atoms with Crippen LogP contribution in [0.5, 0.6) is 0 Å². The summed E-state index contributed by atoms with van der Waals surface area (Å²) in [5, 5.41) is 2.38. The molecule has 0 aromatic heterocycles. The molecule has 2 rings (SSSR count). The summed E-state index contributed by atoms with van der Waals surface area (Å²) in [5.41, 5.74) is 0.161. The highest BCUT2D eigenvalue weighted by atomic mass is 32.2. The predicted octanol–water partition coefficient (Wildman–Crippen LogP) is -0.0328. The molecule has 0 spiro atoms. The Morgan fingerprint density at radius 3 is 2.61 bits per heavy atom. The molecule has 1 N–H and O–H groups in total. The van der Waals surface area contributed by atoms with Crippen molar-refractivity contribution in [3.8, 4) is 0 Å². The molecule has 1 heterocycles. The summed E-state index contributed by atoms with van der Waals surface area (Å²) >= 11 is 0. The maximum atomic E-state index is 12.1. The molecule has 1 aliphatic rings. The van der Waals surface area contributed by atoms with Crippen LogP contribution in [0.3, 0.4) is 0 Å². The number of sulfonamides is 1. The topological polar surface area (TPSA) is 83.6 Å². The number of carbonyl (C=O) groups excluding carboxylic acids is 2. The molecule has 1 aromatic rings. The Morgan fingerprint density at radius 2 is 2.00 bits per heavy atom. The number of amides is 2. The quantitative estimate of drug-likeness (QED) is 0.834. The second-order valence-electron chi connectivity index (χ2n) is 3.80. The van der Waals surface area contributed by atoms with Gasteiger partial charge in [-0.05, 0) is 12.1 Å². The van der Waals surface area contributed by atoms with E-state index < -0.39 is 15.9 Å². The molecule has 0 aliphatic carbocycles. The molecule has 0 unspecified atom stereocenters. The van der Waals surface area contributed by atoms with Crippen LogP contribution in [0.1, 0.15) is 16.8 Å². The van der Waals surface area contributed by atoms with Crippen molar-refractivity contribution in [1.82, 2.24) is 9.62 Å². The monoisotopic (exact) mass is 268 g/mol. The van der Waals surface area contributed by atoms with Gasteiger partial charge in [-0.1, -0.05) is 12.1 Å². The Balaban J connectivity index is 2.31. The average molecular weight is 268 g/mol. The van der Waals surface area contributed by atoms with E-state index in [2.05, 4.69) is 5.32 Å². The van der Waals surface area contributed by atoms with Gasteiger partial charge in [0.1, 0.15) is 4.90 Å². The van der Waals surface area contributed by atoms with Gasteiger partial charge in [0.05, 0.1) is 5.56 Å². The fraction of sp³-hybridized carbons (Fsp3) is 0.273. The van der Waals surface area contributed by atoms with E-state index >= 15 is 0 Å². The van der Waals surface area contributed by atoms with Crippen molar-refractivity contribution in [1.29, 1.82) is 0 Å². The van der Waals surface area contributed by atoms with E-state index in [1.807, 2.05) is 0 Å². The first-order valence-corrected chi connectivity index (χ1v) is 6.79. The zero-order valence-corrected chi connectivity index (χ0v) is 10.5. The summed E-state index contributed by atoms with van der Waals surface area (Å²) in [6.45, 7) is -0.143. The molecular formula is C11H12N2O4S. The van der Waals surface area contributed by atoms with Gasteiger partial charge in [-0.25, -0.2) is 12.7 Å². The summed E-state index contributed by atoms with van der Waals surface area (Å²) in [7, 11) is -2.34. The first kappa shape index (κ1) is 12.6. The van der Waals surface area contributed by atoms with Crippen molar-refractivity contribution in [2.45, 2.75) is 11.3 Å². The Morgan fingerprint density at radius 1 is 1.33 bits per heavy atom. The Labute approximate surface area is 105 Å². The lowest BCUT2D eigenvalue weighted by Gasteiger charge is -2.14. The molecule has 0 saturated heterocycles. The summed E-state index contributed by atoms with van der Waals surface area (Å²) in [6.07, 6.45) is -0.0462. The third-order valence-electron chi connectivity index (χ3n) is 2.73. The van der Waals surface area contributed by atoms with Gasteiger partial charge in [-0.3, -0.25) is 9.59 Å². The normalized spacial score (nSPS) is 16.5. The lowest BCUT2D eigenvalue weighted by Crippen LogP contribution is -2.33. The molecule has 0 bridgehead atoms. The van der Waals surface area contributed by atoms with Crippen LogP contribution in [-0.4, -0.2) is 38.1 Å².